The van der Waals surface area contributed by atoms with Gasteiger partial charge in [0.25, 0.3) is 0 Å². The molecule has 1 atom stereocenters. The van der Waals surface area contributed by atoms with E-state index in [1.54, 1.807) is 6.20 Å². The van der Waals surface area contributed by atoms with Crippen LogP contribution < -0.4 is 10.2 Å². The Kier molecular flexibility index (Phi) is 4.48. The van der Waals surface area contributed by atoms with Crippen molar-refractivity contribution in [3.05, 3.63) is 57.2 Å². The fourth-order valence-corrected chi connectivity index (χ4v) is 3.61. The minimum absolute atomic E-state index is 0.357. The zero-order valence-electron chi connectivity index (χ0n) is 11.8. The SMILES string of the molecule is CNCC1Cc2ccccc2CN1c1ncc(Br)cc1Cl. The molecule has 0 fully saturated rings. The summed E-state index contributed by atoms with van der Waals surface area (Å²) in [7, 11) is 1.98. The van der Waals surface area contributed by atoms with Crippen LogP contribution >= 0.6 is 27.5 Å². The lowest BCUT2D eigenvalue weighted by atomic mass is 9.94. The molecule has 0 spiro atoms. The van der Waals surface area contributed by atoms with Gasteiger partial charge in [0.2, 0.25) is 0 Å². The molecule has 2 heterocycles. The van der Waals surface area contributed by atoms with Crippen LogP contribution in [-0.4, -0.2) is 24.6 Å². The van der Waals surface area contributed by atoms with E-state index in [0.717, 1.165) is 29.8 Å². The number of likely N-dealkylation sites (N-methyl/N-ethyl adjacent to an activating group) is 1. The van der Waals surface area contributed by atoms with Crippen molar-refractivity contribution in [1.29, 1.82) is 0 Å². The summed E-state index contributed by atoms with van der Waals surface area (Å²) in [4.78, 5) is 6.83. The van der Waals surface area contributed by atoms with Crippen molar-refractivity contribution in [3.8, 4) is 0 Å². The van der Waals surface area contributed by atoms with Gasteiger partial charge in [-0.25, -0.2) is 4.98 Å². The van der Waals surface area contributed by atoms with Crippen molar-refractivity contribution >= 4 is 33.3 Å². The van der Waals surface area contributed by atoms with Gasteiger partial charge in [-0.15, -0.1) is 0 Å². The molecule has 0 aliphatic carbocycles. The Morgan fingerprint density at radius 2 is 2.14 bits per heavy atom. The van der Waals surface area contributed by atoms with Crippen molar-refractivity contribution in [2.75, 3.05) is 18.5 Å². The van der Waals surface area contributed by atoms with Crippen LogP contribution in [0.4, 0.5) is 5.82 Å². The molecule has 3 rings (SSSR count). The molecule has 0 saturated heterocycles. The molecule has 1 aromatic heterocycles. The molecule has 1 N–H and O–H groups in total. The number of benzene rings is 1. The molecule has 1 aliphatic rings. The number of anilines is 1. The minimum Gasteiger partial charge on any atom is -0.346 e. The van der Waals surface area contributed by atoms with E-state index >= 15 is 0 Å². The maximum atomic E-state index is 6.40. The highest BCUT2D eigenvalue weighted by Crippen LogP contribution is 2.32. The summed E-state index contributed by atoms with van der Waals surface area (Å²) < 4.78 is 0.902. The Hall–Kier alpha value is -1.10. The molecule has 0 amide bonds. The first-order chi connectivity index (χ1) is 10.2. The molecule has 0 bridgehead atoms. The summed E-state index contributed by atoms with van der Waals surface area (Å²) >= 11 is 9.81. The van der Waals surface area contributed by atoms with E-state index in [1.807, 2.05) is 13.1 Å². The Morgan fingerprint density at radius 3 is 2.86 bits per heavy atom. The Morgan fingerprint density at radius 1 is 1.38 bits per heavy atom. The molecule has 21 heavy (non-hydrogen) atoms. The number of hydrogen-bond acceptors (Lipinski definition) is 3. The number of halogens is 2. The summed E-state index contributed by atoms with van der Waals surface area (Å²) in [5.74, 6) is 0.856. The van der Waals surface area contributed by atoms with Crippen molar-refractivity contribution in [2.45, 2.75) is 19.0 Å². The molecule has 5 heteroatoms. The summed E-state index contributed by atoms with van der Waals surface area (Å²) in [6.45, 7) is 1.75. The number of rotatable bonds is 3. The van der Waals surface area contributed by atoms with E-state index in [9.17, 15) is 0 Å². The maximum Gasteiger partial charge on any atom is 0.148 e. The van der Waals surface area contributed by atoms with Gasteiger partial charge in [-0.3, -0.25) is 0 Å². The van der Waals surface area contributed by atoms with Crippen LogP contribution in [0.15, 0.2) is 41.0 Å². The summed E-state index contributed by atoms with van der Waals surface area (Å²) in [5.41, 5.74) is 2.77. The lowest BCUT2D eigenvalue weighted by Gasteiger charge is -2.38. The van der Waals surface area contributed by atoms with Gasteiger partial charge in [-0.1, -0.05) is 35.9 Å². The number of nitrogens with one attached hydrogen (secondary N) is 1. The predicted molar refractivity (Wildman–Crippen MR) is 91.0 cm³/mol. The quantitative estimate of drug-likeness (QED) is 0.899. The van der Waals surface area contributed by atoms with Gasteiger partial charge in [0.15, 0.2) is 0 Å². The highest BCUT2D eigenvalue weighted by Gasteiger charge is 2.27. The molecule has 1 aliphatic heterocycles. The van der Waals surface area contributed by atoms with E-state index in [0.29, 0.717) is 11.1 Å². The molecule has 0 saturated carbocycles. The van der Waals surface area contributed by atoms with Crippen molar-refractivity contribution in [3.63, 3.8) is 0 Å². The largest absolute Gasteiger partial charge is 0.346 e. The lowest BCUT2D eigenvalue weighted by Crippen LogP contribution is -2.46. The second kappa shape index (κ2) is 6.34. The second-order valence-corrected chi connectivity index (χ2v) is 6.59. The minimum atomic E-state index is 0.357. The Labute approximate surface area is 138 Å². The maximum absolute atomic E-state index is 6.40. The highest BCUT2D eigenvalue weighted by atomic mass is 79.9. The van der Waals surface area contributed by atoms with Crippen LogP contribution in [0, 0.1) is 0 Å². The number of hydrogen-bond donors (Lipinski definition) is 1. The van der Waals surface area contributed by atoms with E-state index in [4.69, 9.17) is 11.6 Å². The third-order valence-electron chi connectivity index (χ3n) is 3.86. The fourth-order valence-electron chi connectivity index (χ4n) is 2.87. The third kappa shape index (κ3) is 3.07. The van der Waals surface area contributed by atoms with Gasteiger partial charge in [0.05, 0.1) is 5.02 Å². The number of nitrogens with zero attached hydrogens (tertiary/aromatic N) is 2. The fraction of sp³-hybridized carbons (Fsp3) is 0.312. The first kappa shape index (κ1) is 14.8. The number of pyridine rings is 1. The van der Waals surface area contributed by atoms with Crippen molar-refractivity contribution in [2.24, 2.45) is 0 Å². The van der Waals surface area contributed by atoms with Gasteiger partial charge < -0.3 is 10.2 Å². The highest BCUT2D eigenvalue weighted by molar-refractivity contribution is 9.10. The Bertz CT molecular complexity index is 647. The monoisotopic (exact) mass is 365 g/mol. The van der Waals surface area contributed by atoms with Crippen LogP contribution in [0.5, 0.6) is 0 Å². The van der Waals surface area contributed by atoms with E-state index < -0.39 is 0 Å². The molecule has 1 aromatic carbocycles. The molecular formula is C16H17BrClN3. The van der Waals surface area contributed by atoms with E-state index in [-0.39, 0.29) is 0 Å². The first-order valence-electron chi connectivity index (χ1n) is 6.98. The van der Waals surface area contributed by atoms with Gasteiger partial charge in [-0.2, -0.15) is 0 Å². The lowest BCUT2D eigenvalue weighted by molar-refractivity contribution is 0.523. The molecule has 2 aromatic rings. The number of aromatic nitrogens is 1. The summed E-state index contributed by atoms with van der Waals surface area (Å²) in [6.07, 6.45) is 2.81. The van der Waals surface area contributed by atoms with Crippen molar-refractivity contribution < 1.29 is 0 Å². The molecule has 3 nitrogen and oxygen atoms in total. The zero-order chi connectivity index (χ0) is 14.8. The average molecular weight is 367 g/mol. The summed E-state index contributed by atoms with van der Waals surface area (Å²) in [5, 5.41) is 3.96. The Balaban J connectivity index is 1.99. The normalized spacial score (nSPS) is 17.7. The van der Waals surface area contributed by atoms with E-state index in [1.165, 1.54) is 11.1 Å². The zero-order valence-corrected chi connectivity index (χ0v) is 14.2. The second-order valence-electron chi connectivity index (χ2n) is 5.27. The van der Waals surface area contributed by atoms with Crippen LogP contribution in [0.25, 0.3) is 0 Å². The molecule has 110 valence electrons. The van der Waals surface area contributed by atoms with Gasteiger partial charge >= 0.3 is 0 Å². The molecule has 1 unspecified atom stereocenters. The van der Waals surface area contributed by atoms with Gasteiger partial charge in [-0.05, 0) is 46.6 Å². The van der Waals surface area contributed by atoms with E-state index in [2.05, 4.69) is 55.4 Å². The van der Waals surface area contributed by atoms with Crippen molar-refractivity contribution in [1.82, 2.24) is 10.3 Å². The smallest absolute Gasteiger partial charge is 0.148 e. The van der Waals surface area contributed by atoms with Crippen LogP contribution in [0.1, 0.15) is 11.1 Å². The molecular weight excluding hydrogens is 350 g/mol. The van der Waals surface area contributed by atoms with Crippen LogP contribution in [-0.2, 0) is 13.0 Å². The van der Waals surface area contributed by atoms with Crippen LogP contribution in [0.2, 0.25) is 5.02 Å². The number of fused-ring (bicyclic) bond motifs is 1. The van der Waals surface area contributed by atoms with Crippen LogP contribution in [0.3, 0.4) is 0 Å². The van der Waals surface area contributed by atoms with Gasteiger partial charge in [0.1, 0.15) is 5.82 Å². The van der Waals surface area contributed by atoms with Gasteiger partial charge in [0, 0.05) is 29.8 Å². The first-order valence-corrected chi connectivity index (χ1v) is 8.15. The molecule has 0 radical (unpaired) electrons. The third-order valence-corrected chi connectivity index (χ3v) is 4.57. The average Bonchev–Trinajstić information content (AvgIpc) is 2.47. The predicted octanol–water partition coefficient (Wildman–Crippen LogP) is 3.65. The topological polar surface area (TPSA) is 28.2 Å². The standard InChI is InChI=1S/C16H17BrClN3/c1-19-9-14-6-11-4-2-3-5-12(11)10-21(14)16-15(18)7-13(17)8-20-16/h2-5,7-8,14,19H,6,9-10H2,1H3. The summed E-state index contributed by atoms with van der Waals surface area (Å²) in [6, 6.07) is 10.9.